The van der Waals surface area contributed by atoms with Gasteiger partial charge in [-0.3, -0.25) is 24.8 Å². The molecule has 0 saturated carbocycles. The third-order valence-electron chi connectivity index (χ3n) is 4.82. The number of anilines is 1. The summed E-state index contributed by atoms with van der Waals surface area (Å²) in [7, 11) is 0. The van der Waals surface area contributed by atoms with Crippen molar-refractivity contribution in [2.24, 2.45) is 0 Å². The van der Waals surface area contributed by atoms with Crippen molar-refractivity contribution in [3.8, 4) is 0 Å². The van der Waals surface area contributed by atoms with Gasteiger partial charge in [0.1, 0.15) is 0 Å². The molecule has 31 heavy (non-hydrogen) atoms. The van der Waals surface area contributed by atoms with Crippen molar-refractivity contribution in [2.45, 2.75) is 19.9 Å². The summed E-state index contributed by atoms with van der Waals surface area (Å²) in [4.78, 5) is 34.3. The number of halogens is 1. The van der Waals surface area contributed by atoms with Gasteiger partial charge in [0, 0.05) is 23.4 Å². The number of rotatable bonds is 6. The van der Waals surface area contributed by atoms with Gasteiger partial charge in [-0.15, -0.1) is 0 Å². The highest BCUT2D eigenvalue weighted by Crippen LogP contribution is 2.34. The van der Waals surface area contributed by atoms with Crippen molar-refractivity contribution >= 4 is 49.9 Å². The fourth-order valence-corrected chi connectivity index (χ4v) is 4.32. The zero-order valence-corrected chi connectivity index (χ0v) is 18.1. The van der Waals surface area contributed by atoms with Crippen LogP contribution in [-0.2, 0) is 17.8 Å². The molecule has 0 N–H and O–H groups in total. The van der Waals surface area contributed by atoms with E-state index in [1.807, 2.05) is 37.3 Å². The summed E-state index contributed by atoms with van der Waals surface area (Å²) in [6.07, 6.45) is 1.76. The van der Waals surface area contributed by atoms with Crippen molar-refractivity contribution in [1.29, 1.82) is 0 Å². The summed E-state index contributed by atoms with van der Waals surface area (Å²) in [5, 5.41) is 12.1. The second-order valence-electron chi connectivity index (χ2n) is 6.92. The molecule has 0 radical (unpaired) electrons. The van der Waals surface area contributed by atoms with Crippen LogP contribution in [0, 0.1) is 17.0 Å². The number of fused-ring (bicyclic) bond motifs is 1. The summed E-state index contributed by atoms with van der Waals surface area (Å²) in [6.45, 7) is 2.16. The highest BCUT2D eigenvalue weighted by Gasteiger charge is 2.22. The Morgan fingerprint density at radius 1 is 1.16 bits per heavy atom. The molecule has 0 aliphatic heterocycles. The van der Waals surface area contributed by atoms with Gasteiger partial charge in [-0.05, 0) is 42.3 Å². The van der Waals surface area contributed by atoms with Crippen molar-refractivity contribution in [2.75, 3.05) is 4.90 Å². The first-order chi connectivity index (χ1) is 14.9. The van der Waals surface area contributed by atoms with Gasteiger partial charge in [0.05, 0.1) is 33.8 Å². The lowest BCUT2D eigenvalue weighted by Crippen LogP contribution is -2.32. The molecule has 0 unspecified atom stereocenters. The molecule has 4 aromatic rings. The molecule has 0 saturated heterocycles. The number of amides is 1. The van der Waals surface area contributed by atoms with E-state index >= 15 is 0 Å². The van der Waals surface area contributed by atoms with Crippen LogP contribution in [0.15, 0.2) is 60.8 Å². The first-order valence-corrected chi connectivity index (χ1v) is 10.6. The molecule has 2 aromatic carbocycles. The summed E-state index contributed by atoms with van der Waals surface area (Å²) >= 11 is 7.65. The quantitative estimate of drug-likeness (QED) is 0.291. The lowest BCUT2D eigenvalue weighted by molar-refractivity contribution is -0.384. The van der Waals surface area contributed by atoms with Crippen LogP contribution in [0.5, 0.6) is 0 Å². The van der Waals surface area contributed by atoms with Crippen LogP contribution in [-0.4, -0.2) is 20.8 Å². The predicted molar refractivity (Wildman–Crippen MR) is 122 cm³/mol. The van der Waals surface area contributed by atoms with Crippen LogP contribution in [0.25, 0.3) is 10.2 Å². The van der Waals surface area contributed by atoms with Crippen LogP contribution in [0.3, 0.4) is 0 Å². The number of aromatic nitrogens is 2. The second-order valence-corrected chi connectivity index (χ2v) is 8.33. The average Bonchev–Trinajstić information content (AvgIpc) is 3.20. The first-order valence-electron chi connectivity index (χ1n) is 9.41. The molecule has 4 rings (SSSR count). The number of benzene rings is 2. The smallest absolute Gasteiger partial charge is 0.269 e. The van der Waals surface area contributed by atoms with Crippen LogP contribution in [0.1, 0.15) is 16.8 Å². The first kappa shape index (κ1) is 20.9. The number of carbonyl (C=O) groups excluding carboxylic acids is 1. The Bertz CT molecular complexity index is 1260. The topological polar surface area (TPSA) is 89.2 Å². The predicted octanol–water partition coefficient (Wildman–Crippen LogP) is 5.34. The third kappa shape index (κ3) is 4.55. The molecule has 7 nitrogen and oxygen atoms in total. The second kappa shape index (κ2) is 8.79. The highest BCUT2D eigenvalue weighted by molar-refractivity contribution is 7.22. The lowest BCUT2D eigenvalue weighted by Gasteiger charge is -2.19. The van der Waals surface area contributed by atoms with E-state index in [9.17, 15) is 14.9 Å². The van der Waals surface area contributed by atoms with Gasteiger partial charge in [0.15, 0.2) is 5.13 Å². The van der Waals surface area contributed by atoms with E-state index in [4.69, 9.17) is 16.6 Å². The maximum atomic E-state index is 13.3. The number of carbonyl (C=O) groups is 1. The molecule has 0 atom stereocenters. The van der Waals surface area contributed by atoms with Crippen LogP contribution >= 0.6 is 22.9 Å². The standard InChI is InChI=1S/C22H17ClN4O3S/c1-14-18(23)9-10-19-21(14)25-22(31-19)26(13-16-4-2-3-11-24-16)20(28)12-15-5-7-17(8-6-15)27(29)30/h2-11H,12-13H2,1H3. The summed E-state index contributed by atoms with van der Waals surface area (Å²) in [5.74, 6) is -0.178. The van der Waals surface area contributed by atoms with Gasteiger partial charge in [-0.2, -0.15) is 0 Å². The monoisotopic (exact) mass is 452 g/mol. The molecule has 1 amide bonds. The molecule has 0 aliphatic carbocycles. The van der Waals surface area contributed by atoms with Crippen LogP contribution in [0.4, 0.5) is 10.8 Å². The Kier molecular flexibility index (Phi) is 5.92. The Labute approximate surface area is 187 Å². The van der Waals surface area contributed by atoms with E-state index < -0.39 is 4.92 Å². The normalized spacial score (nSPS) is 10.9. The number of aryl methyl sites for hydroxylation is 1. The molecule has 0 aliphatic rings. The Morgan fingerprint density at radius 3 is 2.61 bits per heavy atom. The fraction of sp³-hybridized carbons (Fsp3) is 0.136. The fourth-order valence-electron chi connectivity index (χ4n) is 3.13. The lowest BCUT2D eigenvalue weighted by atomic mass is 10.1. The minimum Gasteiger partial charge on any atom is -0.282 e. The number of nitrogens with zero attached hydrogens (tertiary/aromatic N) is 4. The summed E-state index contributed by atoms with van der Waals surface area (Å²) in [6, 6.07) is 15.2. The zero-order chi connectivity index (χ0) is 22.0. The Hall–Kier alpha value is -3.36. The molecule has 156 valence electrons. The number of nitro groups is 1. The van der Waals surface area contributed by atoms with Crippen LogP contribution < -0.4 is 4.90 Å². The van der Waals surface area contributed by atoms with E-state index in [1.165, 1.54) is 23.5 Å². The molecule has 0 bridgehead atoms. The molecule has 0 spiro atoms. The van der Waals surface area contributed by atoms with Crippen molar-refractivity contribution < 1.29 is 9.72 Å². The number of nitro benzene ring substituents is 1. The SMILES string of the molecule is Cc1c(Cl)ccc2sc(N(Cc3ccccn3)C(=O)Cc3ccc([N+](=O)[O-])cc3)nc12. The Morgan fingerprint density at radius 2 is 1.94 bits per heavy atom. The zero-order valence-electron chi connectivity index (χ0n) is 16.5. The van der Waals surface area contributed by atoms with Gasteiger partial charge < -0.3 is 0 Å². The van der Waals surface area contributed by atoms with E-state index in [0.29, 0.717) is 15.7 Å². The van der Waals surface area contributed by atoms with Gasteiger partial charge in [0.2, 0.25) is 5.91 Å². The van der Waals surface area contributed by atoms with Crippen LogP contribution in [0.2, 0.25) is 5.02 Å². The minimum atomic E-state index is -0.465. The van der Waals surface area contributed by atoms with Gasteiger partial charge in [-0.1, -0.05) is 41.1 Å². The van der Waals surface area contributed by atoms with E-state index in [-0.39, 0.29) is 24.6 Å². The summed E-state index contributed by atoms with van der Waals surface area (Å²) in [5.41, 5.74) is 3.03. The summed E-state index contributed by atoms with van der Waals surface area (Å²) < 4.78 is 0.936. The van der Waals surface area contributed by atoms with E-state index in [1.54, 1.807) is 23.2 Å². The van der Waals surface area contributed by atoms with E-state index in [2.05, 4.69) is 4.98 Å². The average molecular weight is 453 g/mol. The third-order valence-corrected chi connectivity index (χ3v) is 6.27. The minimum absolute atomic E-state index is 0.0138. The maximum absolute atomic E-state index is 13.3. The Balaban J connectivity index is 1.68. The van der Waals surface area contributed by atoms with Crippen molar-refractivity contribution in [1.82, 2.24) is 9.97 Å². The molecule has 2 heterocycles. The number of hydrogen-bond donors (Lipinski definition) is 0. The number of non-ortho nitro benzene ring substituents is 1. The molecule has 0 fully saturated rings. The molecular formula is C22H17ClN4O3S. The number of hydrogen-bond acceptors (Lipinski definition) is 6. The van der Waals surface area contributed by atoms with Crippen molar-refractivity contribution in [3.63, 3.8) is 0 Å². The largest absolute Gasteiger partial charge is 0.282 e. The van der Waals surface area contributed by atoms with E-state index in [0.717, 1.165) is 21.5 Å². The number of thiazole rings is 1. The van der Waals surface area contributed by atoms with Gasteiger partial charge in [-0.25, -0.2) is 4.98 Å². The van der Waals surface area contributed by atoms with Gasteiger partial charge >= 0.3 is 0 Å². The molecular weight excluding hydrogens is 436 g/mol. The van der Waals surface area contributed by atoms with Crippen molar-refractivity contribution in [3.05, 3.63) is 92.8 Å². The molecule has 9 heteroatoms. The van der Waals surface area contributed by atoms with Gasteiger partial charge in [0.25, 0.3) is 5.69 Å². The molecule has 2 aromatic heterocycles. The number of pyridine rings is 1. The highest BCUT2D eigenvalue weighted by atomic mass is 35.5. The maximum Gasteiger partial charge on any atom is 0.269 e.